The van der Waals surface area contributed by atoms with Crippen LogP contribution in [0, 0.1) is 10.1 Å². The van der Waals surface area contributed by atoms with E-state index in [1.165, 1.54) is 55.6 Å². The van der Waals surface area contributed by atoms with E-state index < -0.39 is 29.4 Å². The van der Waals surface area contributed by atoms with Crippen LogP contribution in [0.25, 0.3) is 0 Å². The number of amides is 2. The number of non-ortho nitro benzene ring substituents is 1. The molecule has 0 aliphatic rings. The Morgan fingerprint density at radius 2 is 1.44 bits per heavy atom. The zero-order chi connectivity index (χ0) is 23.5. The minimum absolute atomic E-state index is 0.0326. The third-order valence-corrected chi connectivity index (χ3v) is 4.10. The number of nitro groups is 1. The highest BCUT2D eigenvalue weighted by atomic mass is 16.6. The number of hydrogen-bond donors (Lipinski definition) is 2. The van der Waals surface area contributed by atoms with Gasteiger partial charge in [-0.3, -0.25) is 24.5 Å². The fourth-order valence-corrected chi connectivity index (χ4v) is 2.51. The van der Waals surface area contributed by atoms with E-state index in [0.717, 1.165) is 0 Å². The van der Waals surface area contributed by atoms with Crippen LogP contribution >= 0.6 is 0 Å². The van der Waals surface area contributed by atoms with E-state index in [9.17, 15) is 29.3 Å². The Labute approximate surface area is 182 Å². The van der Waals surface area contributed by atoms with Crippen molar-refractivity contribution in [2.45, 2.75) is 19.3 Å². The van der Waals surface area contributed by atoms with E-state index >= 15 is 0 Å². The molecule has 0 spiro atoms. The lowest BCUT2D eigenvalue weighted by Crippen LogP contribution is -2.21. The van der Waals surface area contributed by atoms with Gasteiger partial charge in [0.2, 0.25) is 5.91 Å². The van der Waals surface area contributed by atoms with Crippen LogP contribution in [0.2, 0.25) is 0 Å². The second kappa shape index (κ2) is 11.8. The maximum atomic E-state index is 11.9. The van der Waals surface area contributed by atoms with Gasteiger partial charge in [-0.2, -0.15) is 0 Å². The van der Waals surface area contributed by atoms with Crippen molar-refractivity contribution in [3.8, 4) is 0 Å². The number of benzene rings is 2. The average Bonchev–Trinajstić information content (AvgIpc) is 2.78. The SMILES string of the molecule is COC(=O)c1ccc(NC(=O)COC(=O)CCCC(=O)Nc2ccc([N+](=O)[O-])cc2)cc1. The first-order valence-corrected chi connectivity index (χ1v) is 9.46. The molecule has 11 heteroatoms. The second-order valence-electron chi connectivity index (χ2n) is 6.48. The zero-order valence-electron chi connectivity index (χ0n) is 17.2. The number of nitrogens with zero attached hydrogens (tertiary/aromatic N) is 1. The average molecular weight is 443 g/mol. The Balaban J connectivity index is 1.65. The number of carbonyl (C=O) groups excluding carboxylic acids is 4. The number of nitro benzene ring substituents is 1. The fraction of sp³-hybridized carbons (Fsp3) is 0.238. The first-order chi connectivity index (χ1) is 15.3. The molecule has 32 heavy (non-hydrogen) atoms. The van der Waals surface area contributed by atoms with Gasteiger partial charge < -0.3 is 20.1 Å². The molecule has 2 amide bonds. The largest absolute Gasteiger partial charge is 0.465 e. The van der Waals surface area contributed by atoms with E-state index in [0.29, 0.717) is 16.9 Å². The molecule has 2 rings (SSSR count). The van der Waals surface area contributed by atoms with Crippen LogP contribution in [0.1, 0.15) is 29.6 Å². The van der Waals surface area contributed by atoms with Crippen molar-refractivity contribution in [3.05, 3.63) is 64.2 Å². The van der Waals surface area contributed by atoms with Crippen LogP contribution < -0.4 is 10.6 Å². The number of rotatable bonds is 10. The number of methoxy groups -OCH3 is 1. The van der Waals surface area contributed by atoms with Gasteiger partial charge in [-0.05, 0) is 42.8 Å². The Morgan fingerprint density at radius 1 is 0.875 bits per heavy atom. The monoisotopic (exact) mass is 443 g/mol. The van der Waals surface area contributed by atoms with Gasteiger partial charge in [0.25, 0.3) is 11.6 Å². The topological polar surface area (TPSA) is 154 Å². The zero-order valence-corrected chi connectivity index (χ0v) is 17.2. The minimum Gasteiger partial charge on any atom is -0.465 e. The molecule has 0 fully saturated rings. The third kappa shape index (κ3) is 7.86. The van der Waals surface area contributed by atoms with Gasteiger partial charge in [0.05, 0.1) is 17.6 Å². The number of hydrogen-bond acceptors (Lipinski definition) is 8. The summed E-state index contributed by atoms with van der Waals surface area (Å²) in [7, 11) is 1.26. The summed E-state index contributed by atoms with van der Waals surface area (Å²) < 4.78 is 9.45. The molecule has 0 aromatic heterocycles. The molecular formula is C21H21N3O8. The lowest BCUT2D eigenvalue weighted by Gasteiger charge is -2.08. The molecule has 0 saturated heterocycles. The van der Waals surface area contributed by atoms with Crippen LogP contribution in [-0.4, -0.2) is 42.4 Å². The number of nitrogens with one attached hydrogen (secondary N) is 2. The first kappa shape index (κ1) is 24.0. The van der Waals surface area contributed by atoms with Crippen molar-refractivity contribution in [1.29, 1.82) is 0 Å². The van der Waals surface area contributed by atoms with Gasteiger partial charge in [-0.1, -0.05) is 0 Å². The van der Waals surface area contributed by atoms with Crippen LogP contribution in [-0.2, 0) is 23.9 Å². The smallest absolute Gasteiger partial charge is 0.337 e. The van der Waals surface area contributed by atoms with Gasteiger partial charge >= 0.3 is 11.9 Å². The summed E-state index contributed by atoms with van der Waals surface area (Å²) in [4.78, 5) is 56.9. The van der Waals surface area contributed by atoms with Crippen molar-refractivity contribution in [2.24, 2.45) is 0 Å². The molecule has 168 valence electrons. The standard InChI is InChI=1S/C21H21N3O8/c1-31-21(28)14-5-7-15(8-6-14)23-19(26)13-32-20(27)4-2-3-18(25)22-16-9-11-17(12-10-16)24(29)30/h5-12H,2-4,13H2,1H3,(H,22,25)(H,23,26). The number of esters is 2. The highest BCUT2D eigenvalue weighted by Crippen LogP contribution is 2.16. The van der Waals surface area contributed by atoms with Gasteiger partial charge in [0.1, 0.15) is 0 Å². The molecule has 0 aliphatic carbocycles. The molecular weight excluding hydrogens is 422 g/mol. The second-order valence-corrected chi connectivity index (χ2v) is 6.48. The van der Waals surface area contributed by atoms with E-state index in [1.54, 1.807) is 0 Å². The molecule has 0 saturated carbocycles. The summed E-state index contributed by atoms with van der Waals surface area (Å²) >= 11 is 0. The Bertz CT molecular complexity index is 987. The summed E-state index contributed by atoms with van der Waals surface area (Å²) in [5.41, 5.74) is 1.06. The highest BCUT2D eigenvalue weighted by molar-refractivity contribution is 5.94. The third-order valence-electron chi connectivity index (χ3n) is 4.10. The number of carbonyl (C=O) groups is 4. The summed E-state index contributed by atoms with van der Waals surface area (Å²) in [6.45, 7) is -0.493. The van der Waals surface area contributed by atoms with Gasteiger partial charge in [0, 0.05) is 36.3 Å². The fourth-order valence-electron chi connectivity index (χ4n) is 2.51. The normalized spacial score (nSPS) is 10.0. The summed E-state index contributed by atoms with van der Waals surface area (Å²) in [5, 5.41) is 15.7. The Kier molecular flexibility index (Phi) is 8.84. The lowest BCUT2D eigenvalue weighted by atomic mass is 10.2. The number of anilines is 2. The molecule has 2 aromatic carbocycles. The highest BCUT2D eigenvalue weighted by Gasteiger charge is 2.11. The number of ether oxygens (including phenoxy) is 2. The van der Waals surface area contributed by atoms with Crippen molar-refractivity contribution >= 4 is 40.8 Å². The summed E-state index contributed by atoms with van der Waals surface area (Å²) in [5.74, 6) is -2.05. The molecule has 0 heterocycles. The molecule has 0 unspecified atom stereocenters. The predicted molar refractivity (Wildman–Crippen MR) is 113 cm³/mol. The summed E-state index contributed by atoms with van der Waals surface area (Å²) in [6.07, 6.45) is 0.174. The van der Waals surface area contributed by atoms with Crippen molar-refractivity contribution in [2.75, 3.05) is 24.4 Å². The maximum Gasteiger partial charge on any atom is 0.337 e. The van der Waals surface area contributed by atoms with Crippen molar-refractivity contribution < 1.29 is 33.6 Å². The molecule has 0 bridgehead atoms. The minimum atomic E-state index is -0.635. The molecule has 0 aliphatic heterocycles. The van der Waals surface area contributed by atoms with E-state index in [4.69, 9.17) is 4.74 Å². The maximum absolute atomic E-state index is 11.9. The van der Waals surface area contributed by atoms with Gasteiger partial charge in [-0.15, -0.1) is 0 Å². The lowest BCUT2D eigenvalue weighted by molar-refractivity contribution is -0.384. The van der Waals surface area contributed by atoms with Crippen molar-refractivity contribution in [1.82, 2.24) is 0 Å². The van der Waals surface area contributed by atoms with Crippen LogP contribution in [0.3, 0.4) is 0 Å². The van der Waals surface area contributed by atoms with Crippen LogP contribution in [0.5, 0.6) is 0 Å². The van der Waals surface area contributed by atoms with Gasteiger partial charge in [-0.25, -0.2) is 4.79 Å². The first-order valence-electron chi connectivity index (χ1n) is 9.46. The molecule has 11 nitrogen and oxygen atoms in total. The Hall–Kier alpha value is -4.28. The van der Waals surface area contributed by atoms with Crippen LogP contribution in [0.4, 0.5) is 17.1 Å². The Morgan fingerprint density at radius 3 is 2.00 bits per heavy atom. The molecule has 2 N–H and O–H groups in total. The molecule has 2 aromatic rings. The van der Waals surface area contributed by atoms with Gasteiger partial charge in [0.15, 0.2) is 6.61 Å². The molecule has 0 radical (unpaired) electrons. The predicted octanol–water partition coefficient (Wildman–Crippen LogP) is 2.67. The van der Waals surface area contributed by atoms with E-state index in [2.05, 4.69) is 15.4 Å². The van der Waals surface area contributed by atoms with E-state index in [1.807, 2.05) is 0 Å². The quantitative estimate of drug-likeness (QED) is 0.323. The van der Waals surface area contributed by atoms with E-state index in [-0.39, 0.29) is 30.9 Å². The van der Waals surface area contributed by atoms with Crippen LogP contribution in [0.15, 0.2) is 48.5 Å². The summed E-state index contributed by atoms with van der Waals surface area (Å²) in [6, 6.07) is 11.3. The van der Waals surface area contributed by atoms with Crippen molar-refractivity contribution in [3.63, 3.8) is 0 Å². The molecule has 0 atom stereocenters.